The van der Waals surface area contributed by atoms with Crippen LogP contribution in [-0.2, 0) is 0 Å². The van der Waals surface area contributed by atoms with Gasteiger partial charge in [-0.25, -0.2) is 0 Å². The van der Waals surface area contributed by atoms with E-state index in [0.29, 0.717) is 0 Å². The molecule has 0 radical (unpaired) electrons. The fraction of sp³-hybridized carbons (Fsp3) is 0.143. The molecule has 0 aromatic heterocycles. The highest BCUT2D eigenvalue weighted by molar-refractivity contribution is 5.43. The van der Waals surface area contributed by atoms with Gasteiger partial charge >= 0.3 is 0 Å². The minimum atomic E-state index is -0.100. The molecule has 2 nitrogen and oxygen atoms in total. The van der Waals surface area contributed by atoms with E-state index in [1.807, 2.05) is 0 Å². The number of methoxy groups -OCH3 is 1. The summed E-state index contributed by atoms with van der Waals surface area (Å²) in [7, 11) is 1.35. The molecule has 1 aromatic carbocycles. The molecule has 0 aliphatic rings. The van der Waals surface area contributed by atoms with Crippen molar-refractivity contribution in [2.75, 3.05) is 12.8 Å². The van der Waals surface area contributed by atoms with Gasteiger partial charge in [0.2, 0.25) is 0 Å². The summed E-state index contributed by atoms with van der Waals surface area (Å²) in [5.74, 6) is 0.0556. The number of hydrogen-bond donors (Lipinski definition) is 1. The molecule has 48 valence electrons. The summed E-state index contributed by atoms with van der Waals surface area (Å²) in [4.78, 5) is 0. The molecule has 2 N–H and O–H groups in total. The number of rotatable bonds is 1. The Morgan fingerprint density at radius 2 is 2.56 bits per heavy atom. The van der Waals surface area contributed by atoms with E-state index >= 15 is 0 Å². The molecule has 0 aliphatic carbocycles. The van der Waals surface area contributed by atoms with E-state index in [4.69, 9.17) is 14.6 Å². The molecule has 9 heavy (non-hydrogen) atoms. The van der Waals surface area contributed by atoms with Crippen LogP contribution >= 0.6 is 0 Å². The molecule has 0 amide bonds. The van der Waals surface area contributed by atoms with Gasteiger partial charge in [-0.2, -0.15) is 0 Å². The van der Waals surface area contributed by atoms with Crippen molar-refractivity contribution in [1.82, 2.24) is 0 Å². The van der Waals surface area contributed by atoms with Gasteiger partial charge in [0.05, 0.1) is 11.2 Å². The number of benzene rings is 1. The highest BCUT2D eigenvalue weighted by Gasteiger charge is 1.87. The summed E-state index contributed by atoms with van der Waals surface area (Å²) in [6.07, 6.45) is 0. The first-order valence-electron chi connectivity index (χ1n) is 3.98. The molecule has 0 fully saturated rings. The van der Waals surface area contributed by atoms with Crippen LogP contribution in [0.25, 0.3) is 0 Å². The predicted octanol–water partition coefficient (Wildman–Crippen LogP) is 1.28. The lowest BCUT2D eigenvalue weighted by atomic mass is 10.3. The molecule has 2 heteroatoms. The maximum Gasteiger partial charge on any atom is 0.120 e. The average Bonchev–Trinajstić information content (AvgIpc) is 2.02. The van der Waals surface area contributed by atoms with Crippen molar-refractivity contribution in [2.24, 2.45) is 0 Å². The minimum absolute atomic E-state index is 0.0275. The van der Waals surface area contributed by atoms with Crippen molar-refractivity contribution in [3.05, 3.63) is 24.2 Å². The molecule has 0 atom stereocenters. The van der Waals surface area contributed by atoms with Crippen LogP contribution < -0.4 is 10.5 Å². The van der Waals surface area contributed by atoms with E-state index in [1.165, 1.54) is 13.2 Å². The summed E-state index contributed by atoms with van der Waals surface area (Å²) >= 11 is 0. The Morgan fingerprint density at radius 1 is 1.78 bits per heavy atom. The monoisotopic (exact) mass is 126 g/mol. The third-order valence-electron chi connectivity index (χ3n) is 0.875. The Labute approximate surface area is 58.5 Å². The van der Waals surface area contributed by atoms with Gasteiger partial charge < -0.3 is 10.5 Å². The molecular weight excluding hydrogens is 114 g/mol. The van der Waals surface area contributed by atoms with Crippen LogP contribution in [0.4, 0.5) is 5.69 Å². The van der Waals surface area contributed by atoms with E-state index in [2.05, 4.69) is 0 Å². The average molecular weight is 126 g/mol. The standard InChI is InChI=1S/C7H9NO/c1-9-7-4-2-3-6(8)5-7/h2-5H,8H2,1H3/i2D,4D,5D. The predicted molar refractivity (Wildman–Crippen MR) is 37.4 cm³/mol. The lowest BCUT2D eigenvalue weighted by Gasteiger charge is -1.97. The van der Waals surface area contributed by atoms with E-state index in [9.17, 15) is 0 Å². The summed E-state index contributed by atoms with van der Waals surface area (Å²) in [6, 6.07) is 1.11. The summed E-state index contributed by atoms with van der Waals surface area (Å²) in [5, 5.41) is 0. The second-order valence-electron chi connectivity index (χ2n) is 1.53. The van der Waals surface area contributed by atoms with Gasteiger partial charge in [-0.15, -0.1) is 0 Å². The van der Waals surface area contributed by atoms with Crippen molar-refractivity contribution < 1.29 is 8.85 Å². The molecule has 0 unspecified atom stereocenters. The lowest BCUT2D eigenvalue weighted by Crippen LogP contribution is -1.86. The van der Waals surface area contributed by atoms with Gasteiger partial charge in [0.25, 0.3) is 0 Å². The molecule has 0 heterocycles. The summed E-state index contributed by atoms with van der Waals surface area (Å²) < 4.78 is 26.8. The number of anilines is 1. The molecule has 0 saturated carbocycles. The summed E-state index contributed by atoms with van der Waals surface area (Å²) in [5.41, 5.74) is 5.56. The number of hydrogen-bond acceptors (Lipinski definition) is 2. The Hall–Kier alpha value is -1.18. The minimum Gasteiger partial charge on any atom is -0.497 e. The van der Waals surface area contributed by atoms with E-state index in [1.54, 1.807) is 0 Å². The Kier molecular flexibility index (Phi) is 0.827. The molecule has 0 saturated heterocycles. The quantitative estimate of drug-likeness (QED) is 0.575. The first-order chi connectivity index (χ1) is 5.57. The van der Waals surface area contributed by atoms with Gasteiger partial charge in [0.15, 0.2) is 0 Å². The van der Waals surface area contributed by atoms with Gasteiger partial charge in [0.1, 0.15) is 5.75 Å². The van der Waals surface area contributed by atoms with E-state index < -0.39 is 0 Å². The number of ether oxygens (including phenoxy) is 1. The Morgan fingerprint density at radius 3 is 3.22 bits per heavy atom. The molecule has 1 aromatic rings. The highest BCUT2D eigenvalue weighted by atomic mass is 16.5. The van der Waals surface area contributed by atoms with Crippen molar-refractivity contribution >= 4 is 5.69 Å². The molecule has 1 rings (SSSR count). The van der Waals surface area contributed by atoms with Crippen molar-refractivity contribution in [3.8, 4) is 5.75 Å². The van der Waals surface area contributed by atoms with E-state index in [-0.39, 0.29) is 29.6 Å². The van der Waals surface area contributed by atoms with Gasteiger partial charge in [-0.1, -0.05) is 6.04 Å². The van der Waals surface area contributed by atoms with Gasteiger partial charge in [-0.3, -0.25) is 0 Å². The SMILES string of the molecule is [2H]c1cc(N)c([2H])c(OC)c1[2H]. The Balaban J connectivity index is 3.42. The van der Waals surface area contributed by atoms with E-state index in [0.717, 1.165) is 0 Å². The van der Waals surface area contributed by atoms with Gasteiger partial charge in [-0.05, 0) is 12.1 Å². The lowest BCUT2D eigenvalue weighted by molar-refractivity contribution is 0.415. The van der Waals surface area contributed by atoms with Crippen molar-refractivity contribution in [1.29, 1.82) is 0 Å². The second kappa shape index (κ2) is 2.40. The zero-order chi connectivity index (χ0) is 9.30. The third-order valence-corrected chi connectivity index (χ3v) is 0.875. The maximum absolute atomic E-state index is 7.38. The zero-order valence-electron chi connectivity index (χ0n) is 8.06. The van der Waals surface area contributed by atoms with Crippen molar-refractivity contribution in [3.63, 3.8) is 0 Å². The number of nitrogen functional groups attached to an aromatic ring is 1. The first-order valence-corrected chi connectivity index (χ1v) is 2.48. The van der Waals surface area contributed by atoms with Crippen LogP contribution in [0.1, 0.15) is 4.11 Å². The van der Waals surface area contributed by atoms with Crippen LogP contribution in [0.3, 0.4) is 0 Å². The Bertz CT molecular complexity index is 288. The fourth-order valence-corrected chi connectivity index (χ4v) is 0.480. The van der Waals surface area contributed by atoms with Crippen LogP contribution in [0.5, 0.6) is 5.75 Å². The topological polar surface area (TPSA) is 35.2 Å². The highest BCUT2D eigenvalue weighted by Crippen LogP contribution is 2.12. The third kappa shape index (κ3) is 1.35. The fourth-order valence-electron chi connectivity index (χ4n) is 0.480. The van der Waals surface area contributed by atoms with Crippen LogP contribution in [0, 0.1) is 0 Å². The maximum atomic E-state index is 7.38. The van der Waals surface area contributed by atoms with Gasteiger partial charge in [0, 0.05) is 11.7 Å². The molecule has 0 spiro atoms. The molecule has 0 bridgehead atoms. The van der Waals surface area contributed by atoms with Crippen LogP contribution in [0.2, 0.25) is 0 Å². The van der Waals surface area contributed by atoms with Crippen LogP contribution in [0.15, 0.2) is 24.2 Å². The number of nitrogens with two attached hydrogens (primary N) is 1. The molecule has 0 aliphatic heterocycles. The first kappa shape index (κ1) is 3.11. The largest absolute Gasteiger partial charge is 0.497 e. The van der Waals surface area contributed by atoms with Crippen LogP contribution in [-0.4, -0.2) is 7.11 Å². The van der Waals surface area contributed by atoms with Crippen molar-refractivity contribution in [2.45, 2.75) is 0 Å². The normalized spacial score (nSPS) is 13.7. The second-order valence-corrected chi connectivity index (χ2v) is 1.53. The molecular formula is C7H9NO. The smallest absolute Gasteiger partial charge is 0.120 e. The zero-order valence-corrected chi connectivity index (χ0v) is 5.06. The summed E-state index contributed by atoms with van der Waals surface area (Å²) in [6.45, 7) is 0.